The number of allylic oxidation sites excluding steroid dienone is 2. The molecule has 1 aliphatic heterocycles. The molecule has 0 unspecified atom stereocenters. The Balaban J connectivity index is 2.10. The molecule has 0 aromatic heterocycles. The summed E-state index contributed by atoms with van der Waals surface area (Å²) in [6.45, 7) is 0. The van der Waals surface area contributed by atoms with Crippen LogP contribution in [-0.4, -0.2) is 13.6 Å². The van der Waals surface area contributed by atoms with Crippen LogP contribution in [0.4, 0.5) is 0 Å². The lowest BCUT2D eigenvalue weighted by molar-refractivity contribution is 1.67. The summed E-state index contributed by atoms with van der Waals surface area (Å²) in [6, 6.07) is 22.9. The monoisotopic (exact) mass is 234 g/mol. The van der Waals surface area contributed by atoms with Gasteiger partial charge in [0.2, 0.25) is 0 Å². The van der Waals surface area contributed by atoms with E-state index >= 15 is 0 Å². The average Bonchev–Trinajstić information content (AvgIpc) is 2.90. The van der Waals surface area contributed by atoms with E-state index in [-0.39, 0.29) is 0 Å². The molecule has 0 radical (unpaired) electrons. The lowest BCUT2D eigenvalue weighted by atomic mass is 10.1. The van der Waals surface area contributed by atoms with E-state index in [2.05, 4.69) is 72.8 Å². The van der Waals surface area contributed by atoms with Gasteiger partial charge in [0.05, 0.1) is 8.41 Å². The van der Waals surface area contributed by atoms with Crippen LogP contribution in [0.1, 0.15) is 5.56 Å². The van der Waals surface area contributed by atoms with Gasteiger partial charge in [-0.1, -0.05) is 72.8 Å². The van der Waals surface area contributed by atoms with Gasteiger partial charge in [0.15, 0.2) is 0 Å². The molecule has 3 rings (SSSR count). The minimum absolute atomic E-state index is 0.575. The van der Waals surface area contributed by atoms with Crippen molar-refractivity contribution in [2.75, 3.05) is 0 Å². The molecule has 2 aromatic rings. The van der Waals surface area contributed by atoms with Gasteiger partial charge in [0.1, 0.15) is 0 Å². The summed E-state index contributed by atoms with van der Waals surface area (Å²) in [7, 11) is -0.575. The molecule has 0 N–H and O–H groups in total. The molecule has 1 aliphatic rings. The van der Waals surface area contributed by atoms with Crippen molar-refractivity contribution in [1.82, 2.24) is 0 Å². The Kier molecular flexibility index (Phi) is 2.84. The lowest BCUT2D eigenvalue weighted by Gasteiger charge is -2.06. The second kappa shape index (κ2) is 4.64. The molecule has 0 fully saturated rings. The molecule has 0 saturated carbocycles. The van der Waals surface area contributed by atoms with Crippen molar-refractivity contribution in [2.24, 2.45) is 0 Å². The first kappa shape index (κ1) is 10.4. The zero-order valence-electron chi connectivity index (χ0n) is 9.64. The predicted octanol–water partition coefficient (Wildman–Crippen LogP) is 2.76. The van der Waals surface area contributed by atoms with Crippen LogP contribution in [0, 0.1) is 0 Å². The highest BCUT2D eigenvalue weighted by Crippen LogP contribution is 2.10. The highest BCUT2D eigenvalue weighted by atomic mass is 28.2. The summed E-state index contributed by atoms with van der Waals surface area (Å²) < 4.78 is 0. The molecular weight excluding hydrogens is 220 g/mol. The summed E-state index contributed by atoms with van der Waals surface area (Å²) in [4.78, 5) is 0. The summed E-state index contributed by atoms with van der Waals surface area (Å²) in [5.41, 5.74) is 1.39. The van der Waals surface area contributed by atoms with Crippen molar-refractivity contribution >= 4 is 18.8 Å². The third-order valence-corrected chi connectivity index (χ3v) is 5.92. The highest BCUT2D eigenvalue weighted by molar-refractivity contribution is 6.87. The van der Waals surface area contributed by atoms with Crippen LogP contribution in [0.2, 0.25) is 6.04 Å². The van der Waals surface area contributed by atoms with Crippen molar-refractivity contribution in [2.45, 2.75) is 6.04 Å². The van der Waals surface area contributed by atoms with Crippen LogP contribution in [0.3, 0.4) is 0 Å². The molecule has 17 heavy (non-hydrogen) atoms. The Morgan fingerprint density at radius 2 is 1.41 bits per heavy atom. The second-order valence-corrected chi connectivity index (χ2v) is 6.71. The highest BCUT2D eigenvalue weighted by Gasteiger charge is 2.13. The topological polar surface area (TPSA) is 0 Å². The first-order chi connectivity index (χ1) is 8.45. The van der Waals surface area contributed by atoms with E-state index in [0.717, 1.165) is 0 Å². The van der Waals surface area contributed by atoms with Gasteiger partial charge >= 0.3 is 0 Å². The van der Waals surface area contributed by atoms with Crippen molar-refractivity contribution in [3.63, 3.8) is 0 Å². The molecule has 1 heterocycles. The average molecular weight is 234 g/mol. The second-order valence-electron chi connectivity index (χ2n) is 4.23. The third kappa shape index (κ3) is 2.06. The van der Waals surface area contributed by atoms with Gasteiger partial charge < -0.3 is 0 Å². The Morgan fingerprint density at radius 1 is 0.765 bits per heavy atom. The first-order valence-corrected chi connectivity index (χ1v) is 7.66. The van der Waals surface area contributed by atoms with E-state index in [1.807, 2.05) is 0 Å². The molecular formula is C16H14Si. The molecule has 0 atom stereocenters. The summed E-state index contributed by atoms with van der Waals surface area (Å²) in [5, 5.41) is 3.06. The molecule has 0 saturated heterocycles. The van der Waals surface area contributed by atoms with Crippen LogP contribution < -0.4 is 5.19 Å². The Morgan fingerprint density at radius 3 is 2.12 bits per heavy atom. The minimum Gasteiger partial charge on any atom is -0.0835 e. The van der Waals surface area contributed by atoms with Crippen LogP contribution in [-0.2, 0) is 0 Å². The number of hydrogen-bond donors (Lipinski definition) is 0. The molecule has 2 aromatic carbocycles. The van der Waals surface area contributed by atoms with Crippen molar-refractivity contribution in [3.05, 3.63) is 78.4 Å². The third-order valence-electron chi connectivity index (χ3n) is 3.14. The zero-order valence-corrected chi connectivity index (χ0v) is 10.6. The van der Waals surface area contributed by atoms with E-state index in [9.17, 15) is 0 Å². The van der Waals surface area contributed by atoms with E-state index in [4.69, 9.17) is 0 Å². The molecule has 0 amide bonds. The van der Waals surface area contributed by atoms with Crippen molar-refractivity contribution in [3.8, 4) is 0 Å². The minimum atomic E-state index is -0.575. The fraction of sp³-hybridized carbons (Fsp3) is 0.0625. The van der Waals surface area contributed by atoms with Gasteiger partial charge in [-0.05, 0) is 22.0 Å². The fourth-order valence-electron chi connectivity index (χ4n) is 2.31. The SMILES string of the molecule is C1=CC(c2ccccc2)=[Si](c2ccccc2)C1. The largest absolute Gasteiger partial charge is 0.0835 e. The van der Waals surface area contributed by atoms with Gasteiger partial charge in [-0.2, -0.15) is 0 Å². The van der Waals surface area contributed by atoms with Crippen molar-refractivity contribution in [1.29, 1.82) is 0 Å². The van der Waals surface area contributed by atoms with E-state index in [1.165, 1.54) is 16.8 Å². The number of benzene rings is 2. The van der Waals surface area contributed by atoms with Crippen LogP contribution in [0.25, 0.3) is 0 Å². The van der Waals surface area contributed by atoms with Gasteiger partial charge in [0, 0.05) is 0 Å². The standard InChI is InChI=1S/C16H14Si/c1-3-8-14(9-4-1)16-12-7-13-17(16)15-10-5-2-6-11-15/h1-12H,13H2. The van der Waals surface area contributed by atoms with Gasteiger partial charge in [-0.3, -0.25) is 0 Å². The molecule has 1 heteroatoms. The maximum absolute atomic E-state index is 2.32. The van der Waals surface area contributed by atoms with E-state index < -0.39 is 8.41 Å². The maximum Gasteiger partial charge on any atom is 0.0590 e. The predicted molar refractivity (Wildman–Crippen MR) is 76.3 cm³/mol. The Bertz CT molecular complexity index is 565. The summed E-state index contributed by atoms with van der Waals surface area (Å²) in [5.74, 6) is 0. The first-order valence-electron chi connectivity index (χ1n) is 5.96. The molecule has 0 aliphatic carbocycles. The van der Waals surface area contributed by atoms with Gasteiger partial charge in [0.25, 0.3) is 0 Å². The maximum atomic E-state index is 2.32. The quantitative estimate of drug-likeness (QED) is 0.701. The van der Waals surface area contributed by atoms with E-state index in [1.54, 1.807) is 5.17 Å². The fourth-order valence-corrected chi connectivity index (χ4v) is 4.86. The Labute approximate surface area is 103 Å². The smallest absolute Gasteiger partial charge is 0.0590 e. The van der Waals surface area contributed by atoms with Gasteiger partial charge in [-0.25, -0.2) is 0 Å². The molecule has 82 valence electrons. The number of hydrogen-bond acceptors (Lipinski definition) is 0. The lowest BCUT2D eigenvalue weighted by Crippen LogP contribution is -2.25. The Hall–Kier alpha value is -1.73. The zero-order chi connectivity index (χ0) is 11.5. The van der Waals surface area contributed by atoms with E-state index in [0.29, 0.717) is 0 Å². The molecule has 0 nitrogen and oxygen atoms in total. The number of rotatable bonds is 2. The van der Waals surface area contributed by atoms with Crippen LogP contribution in [0.15, 0.2) is 72.8 Å². The van der Waals surface area contributed by atoms with Crippen LogP contribution in [0.5, 0.6) is 0 Å². The van der Waals surface area contributed by atoms with Gasteiger partial charge in [-0.15, -0.1) is 0 Å². The summed E-state index contributed by atoms with van der Waals surface area (Å²) in [6.07, 6.45) is 4.64. The molecule has 0 bridgehead atoms. The van der Waals surface area contributed by atoms with Crippen LogP contribution >= 0.6 is 0 Å². The van der Waals surface area contributed by atoms with Crippen molar-refractivity contribution < 1.29 is 0 Å². The normalized spacial score (nSPS) is 14.4. The molecule has 0 spiro atoms. The summed E-state index contributed by atoms with van der Waals surface area (Å²) >= 11 is 0.